The van der Waals surface area contributed by atoms with Crippen LogP contribution in [-0.4, -0.2) is 27.2 Å². The minimum atomic E-state index is -0.517. The first-order chi connectivity index (χ1) is 16.6. The molecule has 0 aliphatic carbocycles. The smallest absolute Gasteiger partial charge is 0.247 e. The number of nitrogens with zero attached hydrogens (tertiary/aromatic N) is 3. The zero-order valence-electron chi connectivity index (χ0n) is 18.8. The number of aromatic nitrogens is 3. The zero-order chi connectivity index (χ0) is 23.8. The van der Waals surface area contributed by atoms with Crippen molar-refractivity contribution >= 4 is 23.3 Å². The molecule has 0 saturated carbocycles. The van der Waals surface area contributed by atoms with Crippen LogP contribution < -0.4 is 15.4 Å². The molecule has 1 atom stereocenters. The minimum absolute atomic E-state index is 0.182. The van der Waals surface area contributed by atoms with Gasteiger partial charge in [0.2, 0.25) is 5.91 Å². The van der Waals surface area contributed by atoms with Crippen molar-refractivity contribution in [1.29, 1.82) is 0 Å². The van der Waals surface area contributed by atoms with Gasteiger partial charge in [-0.05, 0) is 41.8 Å². The van der Waals surface area contributed by atoms with E-state index in [1.165, 1.54) is 0 Å². The molecular weight excluding hydrogens is 450 g/mol. The summed E-state index contributed by atoms with van der Waals surface area (Å²) in [4.78, 5) is 17.5. The Kier molecular flexibility index (Phi) is 7.91. The number of hydrogen-bond acceptors (Lipinski definition) is 5. The summed E-state index contributed by atoms with van der Waals surface area (Å²) in [5.41, 5.74) is 3.00. The lowest BCUT2D eigenvalue weighted by Gasteiger charge is -2.19. The molecule has 0 radical (unpaired) electrons. The molecule has 2 aromatic heterocycles. The van der Waals surface area contributed by atoms with Crippen molar-refractivity contribution in [3.8, 4) is 5.75 Å². The summed E-state index contributed by atoms with van der Waals surface area (Å²) in [6.45, 7) is 1.03. The van der Waals surface area contributed by atoms with Crippen LogP contribution in [-0.2, 0) is 24.9 Å². The number of benzene rings is 2. The fourth-order valence-corrected chi connectivity index (χ4v) is 3.60. The van der Waals surface area contributed by atoms with Gasteiger partial charge in [-0.2, -0.15) is 5.10 Å². The van der Waals surface area contributed by atoms with Crippen molar-refractivity contribution in [3.63, 3.8) is 0 Å². The maximum atomic E-state index is 13.1. The highest BCUT2D eigenvalue weighted by atomic mass is 35.5. The van der Waals surface area contributed by atoms with Crippen LogP contribution in [0, 0.1) is 0 Å². The van der Waals surface area contributed by atoms with E-state index in [-0.39, 0.29) is 5.91 Å². The number of rotatable bonds is 10. The Morgan fingerprint density at radius 2 is 1.82 bits per heavy atom. The lowest BCUT2D eigenvalue weighted by atomic mass is 10.1. The van der Waals surface area contributed by atoms with Gasteiger partial charge in [0, 0.05) is 30.4 Å². The Bertz CT molecular complexity index is 1190. The molecule has 174 valence electrons. The van der Waals surface area contributed by atoms with Crippen molar-refractivity contribution in [2.45, 2.75) is 19.1 Å². The second-order valence-electron chi connectivity index (χ2n) is 7.85. The van der Waals surface area contributed by atoms with Gasteiger partial charge in [-0.25, -0.2) is 4.98 Å². The predicted molar refractivity (Wildman–Crippen MR) is 133 cm³/mol. The third kappa shape index (κ3) is 6.66. The Balaban J connectivity index is 1.36. The topological polar surface area (TPSA) is 81.1 Å². The van der Waals surface area contributed by atoms with Gasteiger partial charge in [-0.3, -0.25) is 9.48 Å². The number of anilines is 1. The Labute approximate surface area is 203 Å². The zero-order valence-corrected chi connectivity index (χ0v) is 19.6. The summed E-state index contributed by atoms with van der Waals surface area (Å²) in [6, 6.07) is 20.3. The molecule has 0 aliphatic rings. The van der Waals surface area contributed by atoms with Crippen molar-refractivity contribution < 1.29 is 9.53 Å². The van der Waals surface area contributed by atoms with Crippen LogP contribution in [0.25, 0.3) is 0 Å². The van der Waals surface area contributed by atoms with Gasteiger partial charge < -0.3 is 15.4 Å². The molecule has 4 aromatic rings. The first-order valence-electron chi connectivity index (χ1n) is 11.0. The molecule has 2 aromatic carbocycles. The van der Waals surface area contributed by atoms with Crippen LogP contribution >= 0.6 is 11.6 Å². The van der Waals surface area contributed by atoms with Crippen LogP contribution in [0.15, 0.2) is 85.3 Å². The van der Waals surface area contributed by atoms with Crippen molar-refractivity contribution in [3.05, 3.63) is 107 Å². The number of aryl methyl sites for hydroxylation is 1. The van der Waals surface area contributed by atoms with Gasteiger partial charge in [0.25, 0.3) is 0 Å². The average molecular weight is 476 g/mol. The Morgan fingerprint density at radius 1 is 1.03 bits per heavy atom. The van der Waals surface area contributed by atoms with E-state index in [4.69, 9.17) is 16.3 Å². The van der Waals surface area contributed by atoms with E-state index in [0.29, 0.717) is 29.7 Å². The van der Waals surface area contributed by atoms with Gasteiger partial charge in [0.1, 0.15) is 24.2 Å². The maximum absolute atomic E-state index is 13.1. The van der Waals surface area contributed by atoms with Crippen molar-refractivity contribution in [2.24, 2.45) is 7.05 Å². The molecule has 2 N–H and O–H groups in total. The standard InChI is InChI=1S/C26H26ClN5O2/c1-32-17-20(15-30-32)18-34-23-11-12-24(29-16-23)31-26(33)25(21-5-3-2-4-6-21)28-14-13-19-7-9-22(27)10-8-19/h2-12,15-17,25,28H,13-14,18H2,1H3,(H,29,31,33)/t25-/m1/s1. The van der Waals surface area contributed by atoms with Crippen LogP contribution in [0.5, 0.6) is 5.75 Å². The van der Waals surface area contributed by atoms with Gasteiger partial charge in [0.05, 0.1) is 12.4 Å². The van der Waals surface area contributed by atoms with E-state index >= 15 is 0 Å². The molecule has 8 heteroatoms. The third-order valence-corrected chi connectivity index (χ3v) is 5.47. The SMILES string of the molecule is Cn1cc(COc2ccc(NC(=O)[C@H](NCCc3ccc(Cl)cc3)c3ccccc3)nc2)cn1. The van der Waals surface area contributed by atoms with E-state index in [1.807, 2.05) is 67.8 Å². The van der Waals surface area contributed by atoms with E-state index in [9.17, 15) is 4.79 Å². The van der Waals surface area contributed by atoms with E-state index < -0.39 is 6.04 Å². The Hall–Kier alpha value is -3.68. The highest BCUT2D eigenvalue weighted by molar-refractivity contribution is 6.30. The molecular formula is C26H26ClN5O2. The van der Waals surface area contributed by atoms with Gasteiger partial charge >= 0.3 is 0 Å². The molecule has 34 heavy (non-hydrogen) atoms. The van der Waals surface area contributed by atoms with Crippen LogP contribution in [0.3, 0.4) is 0 Å². The van der Waals surface area contributed by atoms with Gasteiger partial charge in [0.15, 0.2) is 0 Å². The lowest BCUT2D eigenvalue weighted by molar-refractivity contribution is -0.118. The lowest BCUT2D eigenvalue weighted by Crippen LogP contribution is -2.34. The summed E-state index contributed by atoms with van der Waals surface area (Å²) in [5, 5.41) is 11.1. The Morgan fingerprint density at radius 3 is 2.50 bits per heavy atom. The number of carbonyl (C=O) groups excluding carboxylic acids is 1. The molecule has 0 bridgehead atoms. The number of hydrogen-bond donors (Lipinski definition) is 2. The minimum Gasteiger partial charge on any atom is -0.487 e. The fraction of sp³-hybridized carbons (Fsp3) is 0.192. The number of carbonyl (C=O) groups is 1. The summed E-state index contributed by atoms with van der Waals surface area (Å²) >= 11 is 5.97. The quantitative estimate of drug-likeness (QED) is 0.351. The van der Waals surface area contributed by atoms with Crippen molar-refractivity contribution in [1.82, 2.24) is 20.1 Å². The molecule has 7 nitrogen and oxygen atoms in total. The number of halogens is 1. The maximum Gasteiger partial charge on any atom is 0.247 e. The first-order valence-corrected chi connectivity index (χ1v) is 11.3. The first kappa shape index (κ1) is 23.5. The molecule has 4 rings (SSSR count). The summed E-state index contributed by atoms with van der Waals surface area (Å²) in [6.07, 6.45) is 6.02. The molecule has 0 fully saturated rings. The molecule has 0 aliphatic heterocycles. The van der Waals surface area contributed by atoms with Crippen LogP contribution in [0.4, 0.5) is 5.82 Å². The second-order valence-corrected chi connectivity index (χ2v) is 8.29. The summed E-state index contributed by atoms with van der Waals surface area (Å²) in [5.74, 6) is 0.889. The normalized spacial score (nSPS) is 11.7. The predicted octanol–water partition coefficient (Wildman–Crippen LogP) is 4.56. The summed E-state index contributed by atoms with van der Waals surface area (Å²) in [7, 11) is 1.86. The number of pyridine rings is 1. The van der Waals surface area contributed by atoms with Crippen LogP contribution in [0.2, 0.25) is 5.02 Å². The highest BCUT2D eigenvalue weighted by Crippen LogP contribution is 2.18. The fourth-order valence-electron chi connectivity index (χ4n) is 3.47. The second kappa shape index (κ2) is 11.4. The van der Waals surface area contributed by atoms with Crippen LogP contribution in [0.1, 0.15) is 22.7 Å². The molecule has 0 saturated heterocycles. The molecule has 1 amide bonds. The monoisotopic (exact) mass is 475 g/mol. The molecule has 0 spiro atoms. The van der Waals surface area contributed by atoms with Gasteiger partial charge in [-0.1, -0.05) is 54.1 Å². The molecule has 0 unspecified atom stereocenters. The third-order valence-electron chi connectivity index (χ3n) is 5.22. The van der Waals surface area contributed by atoms with Gasteiger partial charge in [-0.15, -0.1) is 0 Å². The average Bonchev–Trinajstić information content (AvgIpc) is 3.28. The number of amides is 1. The van der Waals surface area contributed by atoms with E-state index in [1.54, 1.807) is 29.2 Å². The highest BCUT2D eigenvalue weighted by Gasteiger charge is 2.20. The number of ether oxygens (including phenoxy) is 1. The van der Waals surface area contributed by atoms with E-state index in [0.717, 1.165) is 23.1 Å². The molecule has 2 heterocycles. The van der Waals surface area contributed by atoms with E-state index in [2.05, 4.69) is 20.7 Å². The largest absolute Gasteiger partial charge is 0.487 e. The summed E-state index contributed by atoms with van der Waals surface area (Å²) < 4.78 is 7.46. The number of nitrogens with one attached hydrogen (secondary N) is 2. The van der Waals surface area contributed by atoms with Crippen molar-refractivity contribution in [2.75, 3.05) is 11.9 Å².